The van der Waals surface area contributed by atoms with Crippen LogP contribution in [0.15, 0.2) is 28.8 Å². The van der Waals surface area contributed by atoms with Gasteiger partial charge in [-0.2, -0.15) is 13.2 Å². The molecule has 0 fully saturated rings. The van der Waals surface area contributed by atoms with Gasteiger partial charge in [-0.15, -0.1) is 0 Å². The number of halogens is 3. The summed E-state index contributed by atoms with van der Waals surface area (Å²) in [4.78, 5) is 12.6. The van der Waals surface area contributed by atoms with Gasteiger partial charge in [0.05, 0.1) is 11.3 Å². The predicted octanol–water partition coefficient (Wildman–Crippen LogP) is 5.10. The fourth-order valence-corrected chi connectivity index (χ4v) is 3.34. The predicted molar refractivity (Wildman–Crippen MR) is 90.9 cm³/mol. The van der Waals surface area contributed by atoms with Crippen molar-refractivity contribution < 1.29 is 22.5 Å². The molecule has 0 spiro atoms. The van der Waals surface area contributed by atoms with Gasteiger partial charge in [0.15, 0.2) is 5.69 Å². The van der Waals surface area contributed by atoms with Crippen LogP contribution in [0.5, 0.6) is 0 Å². The molecule has 1 amide bonds. The minimum Gasteiger partial charge on any atom is -0.360 e. The van der Waals surface area contributed by atoms with Gasteiger partial charge in [-0.05, 0) is 36.3 Å². The molecule has 7 heteroatoms. The van der Waals surface area contributed by atoms with Crippen molar-refractivity contribution in [3.05, 3.63) is 46.8 Å². The Kier molecular flexibility index (Phi) is 4.58. The molecule has 1 unspecified atom stereocenters. The average molecular weight is 366 g/mol. The van der Waals surface area contributed by atoms with Gasteiger partial charge in [-0.1, -0.05) is 38.1 Å². The number of carbonyl (C=O) groups is 1. The highest BCUT2D eigenvalue weighted by Gasteiger charge is 2.36. The van der Waals surface area contributed by atoms with Crippen LogP contribution in [0.1, 0.15) is 54.6 Å². The number of fused-ring (bicyclic) bond motifs is 1. The molecule has 1 heterocycles. The number of benzene rings is 1. The second kappa shape index (κ2) is 6.45. The van der Waals surface area contributed by atoms with Crippen LogP contribution in [0.2, 0.25) is 0 Å². The van der Waals surface area contributed by atoms with Gasteiger partial charge in [0, 0.05) is 12.0 Å². The number of hydrogen-bond donors (Lipinski definition) is 1. The molecular formula is C19H21F3N2O2. The van der Waals surface area contributed by atoms with E-state index < -0.39 is 17.6 Å². The average Bonchev–Trinajstić information content (AvgIpc) is 2.96. The number of aromatic nitrogens is 1. The Morgan fingerprint density at radius 2 is 1.92 bits per heavy atom. The molecule has 0 saturated carbocycles. The molecule has 1 aliphatic carbocycles. The minimum atomic E-state index is -4.55. The molecule has 1 aromatic carbocycles. The topological polar surface area (TPSA) is 55.1 Å². The summed E-state index contributed by atoms with van der Waals surface area (Å²) in [5.74, 6) is 0.324. The van der Waals surface area contributed by atoms with E-state index in [2.05, 4.69) is 31.2 Å². The van der Waals surface area contributed by atoms with Crippen molar-refractivity contribution in [3.8, 4) is 0 Å². The lowest BCUT2D eigenvalue weighted by molar-refractivity contribution is -0.136. The Morgan fingerprint density at radius 3 is 2.58 bits per heavy atom. The zero-order valence-electron chi connectivity index (χ0n) is 14.9. The zero-order valence-corrected chi connectivity index (χ0v) is 14.9. The van der Waals surface area contributed by atoms with Crippen molar-refractivity contribution in [3.63, 3.8) is 0 Å². The summed E-state index contributed by atoms with van der Waals surface area (Å²) in [5, 5.41) is 6.18. The van der Waals surface area contributed by atoms with E-state index in [1.54, 1.807) is 0 Å². The first-order chi connectivity index (χ1) is 12.1. The van der Waals surface area contributed by atoms with Crippen LogP contribution in [-0.4, -0.2) is 11.1 Å². The summed E-state index contributed by atoms with van der Waals surface area (Å²) in [6, 6.07) is 4.89. The van der Waals surface area contributed by atoms with Gasteiger partial charge in [0.1, 0.15) is 5.76 Å². The minimum absolute atomic E-state index is 0.0611. The molecular weight excluding hydrogens is 345 g/mol. The Morgan fingerprint density at radius 1 is 1.23 bits per heavy atom. The Balaban J connectivity index is 1.87. The standard InChI is InChI=1S/C19H21F3N2O2/c1-18(2,3)11-8-9-15-12(10-11)16(24-26-15)17(25)23-14-7-5-4-6-13(14)19(20,21)22/h4-7,11H,8-10H2,1-3H3,(H,23,25). The molecule has 140 valence electrons. The molecule has 0 saturated heterocycles. The largest absolute Gasteiger partial charge is 0.418 e. The van der Waals surface area contributed by atoms with Gasteiger partial charge in [-0.3, -0.25) is 4.79 Å². The summed E-state index contributed by atoms with van der Waals surface area (Å²) in [6.45, 7) is 6.40. The Hall–Kier alpha value is -2.31. The number of alkyl halides is 3. The smallest absolute Gasteiger partial charge is 0.360 e. The van der Waals surface area contributed by atoms with Crippen molar-refractivity contribution in [1.29, 1.82) is 0 Å². The second-order valence-corrected chi connectivity index (χ2v) is 7.74. The number of anilines is 1. The highest BCUT2D eigenvalue weighted by molar-refractivity contribution is 6.04. The molecule has 2 aromatic rings. The SMILES string of the molecule is CC(C)(C)C1CCc2onc(C(=O)Nc3ccccc3C(F)(F)F)c2C1. The molecule has 3 rings (SSSR count). The van der Waals surface area contributed by atoms with Crippen LogP contribution >= 0.6 is 0 Å². The molecule has 1 aromatic heterocycles. The number of amides is 1. The number of aryl methyl sites for hydroxylation is 1. The van der Waals surface area contributed by atoms with Gasteiger partial charge in [0.25, 0.3) is 5.91 Å². The van der Waals surface area contributed by atoms with Crippen molar-refractivity contribution in [2.75, 3.05) is 5.32 Å². The summed E-state index contributed by atoms with van der Waals surface area (Å²) in [7, 11) is 0. The van der Waals surface area contributed by atoms with Crippen molar-refractivity contribution in [2.45, 2.75) is 46.2 Å². The highest BCUT2D eigenvalue weighted by atomic mass is 19.4. The first kappa shape index (κ1) is 18.5. The van der Waals surface area contributed by atoms with Crippen molar-refractivity contribution >= 4 is 11.6 Å². The number of nitrogens with zero attached hydrogens (tertiary/aromatic N) is 1. The zero-order chi connectivity index (χ0) is 19.1. The van der Waals surface area contributed by atoms with E-state index >= 15 is 0 Å². The lowest BCUT2D eigenvalue weighted by Gasteiger charge is -2.33. The third kappa shape index (κ3) is 3.61. The number of hydrogen-bond acceptors (Lipinski definition) is 3. The molecule has 1 N–H and O–H groups in total. The van der Waals surface area contributed by atoms with Gasteiger partial charge < -0.3 is 9.84 Å². The van der Waals surface area contributed by atoms with Gasteiger partial charge in [-0.25, -0.2) is 0 Å². The van der Waals surface area contributed by atoms with E-state index in [0.29, 0.717) is 30.1 Å². The van der Waals surface area contributed by atoms with Gasteiger partial charge in [0.2, 0.25) is 0 Å². The normalized spacial score (nSPS) is 17.7. The van der Waals surface area contributed by atoms with Crippen molar-refractivity contribution in [2.24, 2.45) is 11.3 Å². The second-order valence-electron chi connectivity index (χ2n) is 7.74. The maximum atomic E-state index is 13.1. The number of rotatable bonds is 2. The number of nitrogens with one attached hydrogen (secondary N) is 1. The third-order valence-corrected chi connectivity index (χ3v) is 4.96. The fourth-order valence-electron chi connectivity index (χ4n) is 3.34. The molecule has 1 aliphatic rings. The van der Waals surface area contributed by atoms with Crippen LogP contribution in [-0.2, 0) is 19.0 Å². The molecule has 0 radical (unpaired) electrons. The monoisotopic (exact) mass is 366 g/mol. The Bertz CT molecular complexity index is 819. The van der Waals surface area contributed by atoms with Crippen LogP contribution in [0.3, 0.4) is 0 Å². The highest BCUT2D eigenvalue weighted by Crippen LogP contribution is 2.39. The molecule has 0 aliphatic heterocycles. The number of para-hydroxylation sites is 1. The van der Waals surface area contributed by atoms with E-state index in [4.69, 9.17) is 4.52 Å². The quantitative estimate of drug-likeness (QED) is 0.805. The van der Waals surface area contributed by atoms with Crippen LogP contribution < -0.4 is 5.32 Å². The van der Waals surface area contributed by atoms with E-state index in [9.17, 15) is 18.0 Å². The van der Waals surface area contributed by atoms with Crippen LogP contribution in [0.25, 0.3) is 0 Å². The summed E-state index contributed by atoms with van der Waals surface area (Å²) < 4.78 is 44.6. The van der Waals surface area contributed by atoms with Gasteiger partial charge >= 0.3 is 6.18 Å². The third-order valence-electron chi connectivity index (χ3n) is 4.96. The summed E-state index contributed by atoms with van der Waals surface area (Å²) >= 11 is 0. The molecule has 4 nitrogen and oxygen atoms in total. The summed E-state index contributed by atoms with van der Waals surface area (Å²) in [5.41, 5.74) is -0.335. The molecule has 0 bridgehead atoms. The molecule has 1 atom stereocenters. The van der Waals surface area contributed by atoms with Crippen LogP contribution in [0, 0.1) is 11.3 Å². The van der Waals surface area contributed by atoms with Crippen molar-refractivity contribution in [1.82, 2.24) is 5.16 Å². The first-order valence-electron chi connectivity index (χ1n) is 8.52. The van der Waals surface area contributed by atoms with E-state index in [-0.39, 0.29) is 16.8 Å². The van der Waals surface area contributed by atoms with E-state index in [1.807, 2.05) is 0 Å². The Labute approximate surface area is 149 Å². The van der Waals surface area contributed by atoms with E-state index in [0.717, 1.165) is 12.5 Å². The lowest BCUT2D eigenvalue weighted by Crippen LogP contribution is -2.28. The first-order valence-corrected chi connectivity index (χ1v) is 8.52. The maximum Gasteiger partial charge on any atom is 0.418 e. The molecule has 26 heavy (non-hydrogen) atoms. The van der Waals surface area contributed by atoms with E-state index in [1.165, 1.54) is 18.2 Å². The fraction of sp³-hybridized carbons (Fsp3) is 0.474. The lowest BCUT2D eigenvalue weighted by atomic mass is 9.71. The number of carbonyl (C=O) groups excluding carboxylic acids is 1. The maximum absolute atomic E-state index is 13.1. The van der Waals surface area contributed by atoms with Crippen LogP contribution in [0.4, 0.5) is 18.9 Å². The summed E-state index contributed by atoms with van der Waals surface area (Å²) in [6.07, 6.45) is -2.31.